The van der Waals surface area contributed by atoms with Gasteiger partial charge in [0.05, 0.1) is 13.2 Å². The zero-order valence-corrected chi connectivity index (χ0v) is 22.7. The second kappa shape index (κ2) is 14.6. The lowest BCUT2D eigenvalue weighted by Gasteiger charge is -2.35. The van der Waals surface area contributed by atoms with Crippen LogP contribution in [0.1, 0.15) is 63.0 Å². The van der Waals surface area contributed by atoms with Gasteiger partial charge in [0, 0.05) is 18.8 Å². The fourth-order valence-corrected chi connectivity index (χ4v) is 5.21. The van der Waals surface area contributed by atoms with Crippen molar-refractivity contribution in [3.63, 3.8) is 0 Å². The van der Waals surface area contributed by atoms with Crippen molar-refractivity contribution in [2.24, 2.45) is 17.3 Å². The maximum atomic E-state index is 13.6. The first-order chi connectivity index (χ1) is 18.8. The predicted octanol–water partition coefficient (Wildman–Crippen LogP) is 4.56. The van der Waals surface area contributed by atoms with Gasteiger partial charge in [0.15, 0.2) is 5.41 Å². The van der Waals surface area contributed by atoms with Crippen LogP contribution in [0.3, 0.4) is 0 Å². The summed E-state index contributed by atoms with van der Waals surface area (Å²) in [4.78, 5) is 51.5. The molecule has 1 fully saturated rings. The molecule has 0 amide bonds. The van der Waals surface area contributed by atoms with Crippen LogP contribution < -0.4 is 0 Å². The van der Waals surface area contributed by atoms with Crippen LogP contribution in [0, 0.1) is 17.3 Å². The highest BCUT2D eigenvalue weighted by atomic mass is 16.6. The van der Waals surface area contributed by atoms with Crippen molar-refractivity contribution in [1.82, 2.24) is 0 Å². The van der Waals surface area contributed by atoms with Crippen LogP contribution >= 0.6 is 0 Å². The van der Waals surface area contributed by atoms with Gasteiger partial charge in [0.2, 0.25) is 0 Å². The maximum absolute atomic E-state index is 13.6. The lowest BCUT2D eigenvalue weighted by atomic mass is 9.69. The molecule has 8 nitrogen and oxygen atoms in total. The molecule has 1 aliphatic rings. The molecule has 0 saturated heterocycles. The SMILES string of the molecule is COC(=O)CCCCCC(O)[C@H]1C(=O)CC[C@@H]1C(C)(C(=O)OCc1ccccc1)C(=O)OCc1ccccc1. The van der Waals surface area contributed by atoms with Crippen molar-refractivity contribution in [3.8, 4) is 0 Å². The number of benzene rings is 2. The predicted molar refractivity (Wildman–Crippen MR) is 143 cm³/mol. The van der Waals surface area contributed by atoms with Gasteiger partial charge in [-0.1, -0.05) is 73.5 Å². The Morgan fingerprint density at radius 1 is 0.897 bits per heavy atom. The summed E-state index contributed by atoms with van der Waals surface area (Å²) in [5, 5.41) is 11.1. The van der Waals surface area contributed by atoms with Gasteiger partial charge in [0.1, 0.15) is 19.0 Å². The molecule has 2 aromatic carbocycles. The standard InChI is InChI=1S/C31H38O8/c1-31(29(35)38-20-22-12-6-3-7-13-22,30(36)39-21-23-14-8-4-9-15-23)24-18-19-26(33)28(24)25(32)16-10-5-11-17-27(34)37-2/h3-4,6-9,12-15,24-25,28,32H,5,10-11,16-21H2,1-2H3/t24-,25?,28-/m0/s1. The van der Waals surface area contributed by atoms with Gasteiger partial charge in [-0.25, -0.2) is 0 Å². The number of Topliss-reactive ketones (excluding diaryl/α,β-unsaturated/α-hetero) is 1. The van der Waals surface area contributed by atoms with E-state index in [4.69, 9.17) is 9.47 Å². The minimum Gasteiger partial charge on any atom is -0.469 e. The van der Waals surface area contributed by atoms with Crippen molar-refractivity contribution in [2.75, 3.05) is 7.11 Å². The van der Waals surface area contributed by atoms with Gasteiger partial charge in [-0.05, 0) is 43.2 Å². The van der Waals surface area contributed by atoms with Crippen LogP contribution in [0.25, 0.3) is 0 Å². The lowest BCUT2D eigenvalue weighted by molar-refractivity contribution is -0.179. The number of carbonyl (C=O) groups excluding carboxylic acids is 4. The zero-order chi connectivity index (χ0) is 28.3. The quantitative estimate of drug-likeness (QED) is 0.161. The number of hydrogen-bond donors (Lipinski definition) is 1. The summed E-state index contributed by atoms with van der Waals surface area (Å²) in [6.45, 7) is 1.40. The molecule has 39 heavy (non-hydrogen) atoms. The Labute approximate surface area is 229 Å². The number of ketones is 1. The molecule has 3 atom stereocenters. The molecule has 1 aliphatic carbocycles. The number of ether oxygens (including phenoxy) is 3. The van der Waals surface area contributed by atoms with E-state index in [0.717, 1.165) is 11.1 Å². The first kappa shape index (κ1) is 30.0. The Hall–Kier alpha value is -3.52. The smallest absolute Gasteiger partial charge is 0.323 e. The van der Waals surface area contributed by atoms with Crippen molar-refractivity contribution >= 4 is 23.7 Å². The van der Waals surface area contributed by atoms with Crippen LogP contribution in [-0.4, -0.2) is 42.0 Å². The average molecular weight is 539 g/mol. The van der Waals surface area contributed by atoms with E-state index < -0.39 is 35.3 Å². The zero-order valence-electron chi connectivity index (χ0n) is 22.7. The molecule has 0 heterocycles. The van der Waals surface area contributed by atoms with Crippen LogP contribution in [0.2, 0.25) is 0 Å². The number of methoxy groups -OCH3 is 1. The number of carbonyl (C=O) groups is 4. The average Bonchev–Trinajstić information content (AvgIpc) is 3.36. The molecular weight excluding hydrogens is 500 g/mol. The Morgan fingerprint density at radius 2 is 1.44 bits per heavy atom. The van der Waals surface area contributed by atoms with E-state index in [9.17, 15) is 24.3 Å². The molecular formula is C31H38O8. The molecule has 2 aromatic rings. The molecule has 0 aliphatic heterocycles. The third-order valence-electron chi connectivity index (χ3n) is 7.55. The summed E-state index contributed by atoms with van der Waals surface area (Å²) < 4.78 is 15.9. The highest BCUT2D eigenvalue weighted by molar-refractivity contribution is 6.01. The number of esters is 3. The summed E-state index contributed by atoms with van der Waals surface area (Å²) >= 11 is 0. The number of hydrogen-bond acceptors (Lipinski definition) is 8. The van der Waals surface area contributed by atoms with Crippen LogP contribution in [-0.2, 0) is 46.6 Å². The monoisotopic (exact) mass is 538 g/mol. The van der Waals surface area contributed by atoms with E-state index in [1.165, 1.54) is 14.0 Å². The summed E-state index contributed by atoms with van der Waals surface area (Å²) in [6, 6.07) is 18.2. The van der Waals surface area contributed by atoms with Crippen LogP contribution in [0.5, 0.6) is 0 Å². The Kier molecular flexibility index (Phi) is 11.2. The van der Waals surface area contributed by atoms with E-state index >= 15 is 0 Å². The molecule has 0 spiro atoms. The third-order valence-corrected chi connectivity index (χ3v) is 7.55. The third kappa shape index (κ3) is 7.99. The number of aliphatic hydroxyl groups is 1. The Morgan fingerprint density at radius 3 is 1.95 bits per heavy atom. The van der Waals surface area contributed by atoms with Gasteiger partial charge >= 0.3 is 17.9 Å². The molecule has 0 bridgehead atoms. The first-order valence-electron chi connectivity index (χ1n) is 13.5. The fraction of sp³-hybridized carbons (Fsp3) is 0.484. The van der Waals surface area contributed by atoms with Gasteiger partial charge < -0.3 is 19.3 Å². The lowest BCUT2D eigenvalue weighted by Crippen LogP contribution is -2.49. The minimum absolute atomic E-state index is 0.0324. The molecule has 210 valence electrons. The first-order valence-corrected chi connectivity index (χ1v) is 13.5. The highest BCUT2D eigenvalue weighted by Gasteiger charge is 2.58. The second-order valence-electron chi connectivity index (χ2n) is 10.2. The molecule has 1 unspecified atom stereocenters. The summed E-state index contributed by atoms with van der Waals surface area (Å²) in [5.41, 5.74) is -0.263. The largest absolute Gasteiger partial charge is 0.469 e. The molecule has 1 N–H and O–H groups in total. The fourth-order valence-electron chi connectivity index (χ4n) is 5.21. The molecule has 0 radical (unpaired) electrons. The van der Waals surface area contributed by atoms with Gasteiger partial charge in [-0.2, -0.15) is 0 Å². The highest BCUT2D eigenvalue weighted by Crippen LogP contribution is 2.46. The van der Waals surface area contributed by atoms with E-state index in [1.54, 1.807) is 0 Å². The second-order valence-corrected chi connectivity index (χ2v) is 10.2. The van der Waals surface area contributed by atoms with Gasteiger partial charge in [-0.3, -0.25) is 19.2 Å². The number of rotatable bonds is 14. The van der Waals surface area contributed by atoms with E-state index in [2.05, 4.69) is 4.74 Å². The number of aliphatic hydroxyl groups excluding tert-OH is 1. The molecule has 0 aromatic heterocycles. The normalized spacial score (nSPS) is 17.9. The Bertz CT molecular complexity index is 1040. The summed E-state index contributed by atoms with van der Waals surface area (Å²) in [5.74, 6) is -3.70. The topological polar surface area (TPSA) is 116 Å². The van der Waals surface area contributed by atoms with Crippen molar-refractivity contribution < 1.29 is 38.5 Å². The molecule has 3 rings (SSSR count). The minimum atomic E-state index is -1.79. The maximum Gasteiger partial charge on any atom is 0.323 e. The summed E-state index contributed by atoms with van der Waals surface area (Å²) in [6.07, 6.45) is 1.85. The van der Waals surface area contributed by atoms with E-state index in [-0.39, 0.29) is 44.2 Å². The Balaban J connectivity index is 1.76. The molecule has 8 heteroatoms. The van der Waals surface area contributed by atoms with Crippen molar-refractivity contribution in [1.29, 1.82) is 0 Å². The number of unbranched alkanes of at least 4 members (excludes halogenated alkanes) is 2. The van der Waals surface area contributed by atoms with Crippen LogP contribution in [0.15, 0.2) is 60.7 Å². The van der Waals surface area contributed by atoms with Gasteiger partial charge in [0.25, 0.3) is 0 Å². The summed E-state index contributed by atoms with van der Waals surface area (Å²) in [7, 11) is 1.34. The van der Waals surface area contributed by atoms with Crippen molar-refractivity contribution in [2.45, 2.75) is 71.2 Å². The van der Waals surface area contributed by atoms with Crippen molar-refractivity contribution in [3.05, 3.63) is 71.8 Å². The van der Waals surface area contributed by atoms with Gasteiger partial charge in [-0.15, -0.1) is 0 Å². The van der Waals surface area contributed by atoms with E-state index in [1.807, 2.05) is 60.7 Å². The van der Waals surface area contributed by atoms with Crippen LogP contribution in [0.4, 0.5) is 0 Å². The van der Waals surface area contributed by atoms with E-state index in [0.29, 0.717) is 25.7 Å². The molecule has 1 saturated carbocycles.